The zero-order valence-electron chi connectivity index (χ0n) is 11.6. The van der Waals surface area contributed by atoms with Crippen molar-refractivity contribution in [2.24, 2.45) is 0 Å². The molecule has 1 N–H and O–H groups in total. The minimum absolute atomic E-state index is 0.226. The zero-order chi connectivity index (χ0) is 15.4. The van der Waals surface area contributed by atoms with Crippen LogP contribution in [-0.2, 0) is 0 Å². The van der Waals surface area contributed by atoms with Gasteiger partial charge in [-0.25, -0.2) is 0 Å². The number of para-hydroxylation sites is 1. The van der Waals surface area contributed by atoms with E-state index in [0.29, 0.717) is 5.13 Å². The highest BCUT2D eigenvalue weighted by molar-refractivity contribution is 8.01. The Kier molecular flexibility index (Phi) is 4.45. The van der Waals surface area contributed by atoms with Crippen molar-refractivity contribution < 1.29 is 4.79 Å². The van der Waals surface area contributed by atoms with E-state index in [1.807, 2.05) is 37.3 Å². The molecular weight excluding hydrogens is 320 g/mol. The van der Waals surface area contributed by atoms with Gasteiger partial charge in [0.05, 0.1) is 11.9 Å². The van der Waals surface area contributed by atoms with Gasteiger partial charge in [0.15, 0.2) is 10.0 Å². The average molecular weight is 332 g/mol. The summed E-state index contributed by atoms with van der Waals surface area (Å²) in [5.74, 6) is 0.555. The molecule has 2 aromatic heterocycles. The van der Waals surface area contributed by atoms with Crippen LogP contribution in [0.2, 0.25) is 0 Å². The number of carbonyl (C=O) groups excluding carboxylic acids is 1. The number of thioether (sulfide) groups is 1. The fourth-order valence-corrected chi connectivity index (χ4v) is 3.30. The van der Waals surface area contributed by atoms with Gasteiger partial charge in [0.2, 0.25) is 5.13 Å². The Bertz CT molecular complexity index is 770. The number of aromatic nitrogens is 5. The third kappa shape index (κ3) is 3.31. The predicted octanol–water partition coefficient (Wildman–Crippen LogP) is 2.48. The molecule has 22 heavy (non-hydrogen) atoms. The molecule has 1 aromatic carbocycles. The standard InChI is InChI=1S/C13H12N6OS2/c1-2-21-13-17-16-12(22-13)15-11(20)10-8-14-19(18-10)9-6-4-3-5-7-9/h3-8H,2H2,1H3,(H,15,16,20). The summed E-state index contributed by atoms with van der Waals surface area (Å²) in [4.78, 5) is 13.5. The summed E-state index contributed by atoms with van der Waals surface area (Å²) in [6.45, 7) is 2.03. The van der Waals surface area contributed by atoms with Crippen LogP contribution >= 0.6 is 23.1 Å². The van der Waals surface area contributed by atoms with Crippen LogP contribution in [0.15, 0.2) is 40.9 Å². The summed E-state index contributed by atoms with van der Waals surface area (Å²) in [6.07, 6.45) is 1.42. The highest BCUT2D eigenvalue weighted by Gasteiger charge is 2.14. The molecule has 0 fully saturated rings. The molecule has 0 aliphatic carbocycles. The first kappa shape index (κ1) is 14.7. The van der Waals surface area contributed by atoms with E-state index in [4.69, 9.17) is 0 Å². The minimum atomic E-state index is -0.355. The van der Waals surface area contributed by atoms with Gasteiger partial charge in [-0.05, 0) is 17.9 Å². The second-order valence-corrected chi connectivity index (χ2v) is 6.60. The number of benzene rings is 1. The minimum Gasteiger partial charge on any atom is -0.295 e. The molecule has 0 aliphatic heterocycles. The summed E-state index contributed by atoms with van der Waals surface area (Å²) in [5, 5.41) is 19.3. The Labute approximate surface area is 134 Å². The molecule has 0 spiro atoms. The number of nitrogens with one attached hydrogen (secondary N) is 1. The van der Waals surface area contributed by atoms with E-state index in [-0.39, 0.29) is 11.6 Å². The van der Waals surface area contributed by atoms with Gasteiger partial charge in [-0.3, -0.25) is 10.1 Å². The molecule has 1 amide bonds. The van der Waals surface area contributed by atoms with Gasteiger partial charge in [0.1, 0.15) is 0 Å². The Morgan fingerprint density at radius 2 is 2.14 bits per heavy atom. The first-order valence-electron chi connectivity index (χ1n) is 6.51. The average Bonchev–Trinajstić information content (AvgIpc) is 3.18. The lowest BCUT2D eigenvalue weighted by molar-refractivity contribution is 0.102. The second kappa shape index (κ2) is 6.67. The van der Waals surface area contributed by atoms with Crippen LogP contribution in [0.4, 0.5) is 5.13 Å². The normalized spacial score (nSPS) is 10.6. The van der Waals surface area contributed by atoms with Gasteiger partial charge >= 0.3 is 0 Å². The van der Waals surface area contributed by atoms with Crippen molar-refractivity contribution >= 4 is 34.1 Å². The summed E-state index contributed by atoms with van der Waals surface area (Å²) < 4.78 is 0.825. The van der Waals surface area contributed by atoms with E-state index in [2.05, 4.69) is 25.7 Å². The van der Waals surface area contributed by atoms with E-state index in [9.17, 15) is 4.79 Å². The summed E-state index contributed by atoms with van der Waals surface area (Å²) in [5.41, 5.74) is 1.02. The summed E-state index contributed by atoms with van der Waals surface area (Å²) in [6, 6.07) is 9.39. The molecule has 0 radical (unpaired) electrons. The van der Waals surface area contributed by atoms with E-state index in [1.54, 1.807) is 11.8 Å². The number of rotatable bonds is 5. The topological polar surface area (TPSA) is 85.6 Å². The quantitative estimate of drug-likeness (QED) is 0.571. The Hall–Kier alpha value is -2.26. The van der Waals surface area contributed by atoms with E-state index in [0.717, 1.165) is 15.8 Å². The lowest BCUT2D eigenvalue weighted by Crippen LogP contribution is -2.13. The van der Waals surface area contributed by atoms with Crippen molar-refractivity contribution in [1.29, 1.82) is 0 Å². The molecule has 3 aromatic rings. The van der Waals surface area contributed by atoms with Crippen LogP contribution in [0.1, 0.15) is 17.4 Å². The molecule has 112 valence electrons. The van der Waals surface area contributed by atoms with Gasteiger partial charge in [-0.15, -0.1) is 15.3 Å². The number of hydrogen-bond donors (Lipinski definition) is 1. The van der Waals surface area contributed by atoms with E-state index in [1.165, 1.54) is 22.3 Å². The van der Waals surface area contributed by atoms with Gasteiger partial charge < -0.3 is 0 Å². The molecule has 0 aliphatic rings. The monoisotopic (exact) mass is 332 g/mol. The van der Waals surface area contributed by atoms with Crippen LogP contribution < -0.4 is 5.32 Å². The molecule has 0 atom stereocenters. The molecule has 0 saturated carbocycles. The van der Waals surface area contributed by atoms with Crippen molar-refractivity contribution in [2.45, 2.75) is 11.3 Å². The maximum absolute atomic E-state index is 12.1. The Balaban J connectivity index is 1.71. The molecule has 9 heteroatoms. The number of carbonyl (C=O) groups is 1. The largest absolute Gasteiger partial charge is 0.295 e. The van der Waals surface area contributed by atoms with E-state index >= 15 is 0 Å². The molecule has 0 unspecified atom stereocenters. The second-order valence-electron chi connectivity index (χ2n) is 4.12. The lowest BCUT2D eigenvalue weighted by atomic mass is 10.3. The number of nitrogens with zero attached hydrogens (tertiary/aromatic N) is 5. The maximum atomic E-state index is 12.1. The van der Waals surface area contributed by atoms with Crippen LogP contribution in [0, 0.1) is 0 Å². The van der Waals surface area contributed by atoms with Crippen molar-refractivity contribution in [3.05, 3.63) is 42.2 Å². The molecular formula is C13H12N6OS2. The molecule has 2 heterocycles. The smallest absolute Gasteiger partial charge is 0.279 e. The van der Waals surface area contributed by atoms with Crippen LogP contribution in [0.5, 0.6) is 0 Å². The predicted molar refractivity (Wildman–Crippen MR) is 85.6 cm³/mol. The van der Waals surface area contributed by atoms with Crippen molar-refractivity contribution in [1.82, 2.24) is 25.2 Å². The third-order valence-electron chi connectivity index (χ3n) is 2.61. The highest BCUT2D eigenvalue weighted by atomic mass is 32.2. The molecule has 3 rings (SSSR count). The molecule has 7 nitrogen and oxygen atoms in total. The van der Waals surface area contributed by atoms with Crippen molar-refractivity contribution in [3.63, 3.8) is 0 Å². The van der Waals surface area contributed by atoms with Crippen LogP contribution in [0.25, 0.3) is 5.69 Å². The van der Waals surface area contributed by atoms with Gasteiger partial charge in [-0.2, -0.15) is 9.90 Å². The summed E-state index contributed by atoms with van der Waals surface area (Å²) in [7, 11) is 0. The van der Waals surface area contributed by atoms with Gasteiger partial charge in [0, 0.05) is 0 Å². The molecule has 0 saturated heterocycles. The van der Waals surface area contributed by atoms with E-state index < -0.39 is 0 Å². The number of amides is 1. The summed E-state index contributed by atoms with van der Waals surface area (Å²) >= 11 is 2.92. The number of hydrogen-bond acceptors (Lipinski definition) is 7. The lowest BCUT2D eigenvalue weighted by Gasteiger charge is -1.98. The molecule has 0 bridgehead atoms. The van der Waals surface area contributed by atoms with Crippen LogP contribution in [0.3, 0.4) is 0 Å². The first-order chi connectivity index (χ1) is 10.8. The Morgan fingerprint density at radius 3 is 2.91 bits per heavy atom. The highest BCUT2D eigenvalue weighted by Crippen LogP contribution is 2.25. The zero-order valence-corrected chi connectivity index (χ0v) is 13.3. The Morgan fingerprint density at radius 1 is 1.32 bits per heavy atom. The van der Waals surface area contributed by atoms with Crippen LogP contribution in [-0.4, -0.2) is 36.9 Å². The fraction of sp³-hybridized carbons (Fsp3) is 0.154. The third-order valence-corrected chi connectivity index (χ3v) is 4.46. The maximum Gasteiger partial charge on any atom is 0.279 e. The van der Waals surface area contributed by atoms with Gasteiger partial charge in [0.25, 0.3) is 5.91 Å². The number of anilines is 1. The van der Waals surface area contributed by atoms with Crippen molar-refractivity contribution in [2.75, 3.05) is 11.1 Å². The van der Waals surface area contributed by atoms with Gasteiger partial charge in [-0.1, -0.05) is 48.2 Å². The van der Waals surface area contributed by atoms with Crippen molar-refractivity contribution in [3.8, 4) is 5.69 Å². The fourth-order valence-electron chi connectivity index (χ4n) is 1.66. The SMILES string of the molecule is CCSc1nnc(NC(=O)c2cnn(-c3ccccc3)n2)s1. The first-order valence-corrected chi connectivity index (χ1v) is 8.32.